The quantitative estimate of drug-likeness (QED) is 0.448. The maximum absolute atomic E-state index is 10.8. The topological polar surface area (TPSA) is 20.2 Å². The van der Waals surface area contributed by atoms with E-state index in [9.17, 15) is 5.11 Å². The van der Waals surface area contributed by atoms with Gasteiger partial charge in [-0.05, 0) is 99.7 Å². The molecule has 1 nitrogen and oxygen atoms in total. The zero-order valence-corrected chi connectivity index (χ0v) is 15.2. The van der Waals surface area contributed by atoms with Gasteiger partial charge >= 0.3 is 0 Å². The van der Waals surface area contributed by atoms with E-state index in [1.165, 1.54) is 27.8 Å². The molecule has 2 heteroatoms. The van der Waals surface area contributed by atoms with Gasteiger partial charge in [-0.3, -0.25) is 0 Å². The Hall–Kier alpha value is -2.58. The molecule has 0 amide bonds. The first-order chi connectivity index (χ1) is 12.7. The fourth-order valence-corrected chi connectivity index (χ4v) is 4.95. The normalized spacial score (nSPS) is 14.0. The van der Waals surface area contributed by atoms with Crippen molar-refractivity contribution >= 4 is 11.3 Å². The van der Waals surface area contributed by atoms with E-state index in [4.69, 9.17) is 0 Å². The lowest BCUT2D eigenvalue weighted by Gasteiger charge is -2.18. The van der Waals surface area contributed by atoms with E-state index < -0.39 is 0 Å². The summed E-state index contributed by atoms with van der Waals surface area (Å²) in [5.74, 6) is 0.683. The number of aromatic hydroxyl groups is 1. The van der Waals surface area contributed by atoms with E-state index in [0.29, 0.717) is 11.7 Å². The lowest BCUT2D eigenvalue weighted by molar-refractivity contribution is 0.462. The van der Waals surface area contributed by atoms with Gasteiger partial charge in [-0.2, -0.15) is 11.3 Å². The number of benzene rings is 2. The summed E-state index contributed by atoms with van der Waals surface area (Å²) in [6.45, 7) is 4.07. The molecule has 1 heterocycles. The highest BCUT2D eigenvalue weighted by molar-refractivity contribution is 7.07. The first-order valence-corrected chi connectivity index (χ1v) is 9.85. The maximum Gasteiger partial charge on any atom is 0.119 e. The minimum Gasteiger partial charge on any atom is -0.508 e. The summed E-state index contributed by atoms with van der Waals surface area (Å²) in [5.41, 5.74) is 9.50. The first kappa shape index (κ1) is 15.7. The van der Waals surface area contributed by atoms with Gasteiger partial charge in [0.15, 0.2) is 0 Å². The molecule has 2 aromatic rings. The van der Waals surface area contributed by atoms with Crippen molar-refractivity contribution in [3.8, 4) is 28.0 Å². The van der Waals surface area contributed by atoms with Crippen molar-refractivity contribution < 1.29 is 5.11 Å². The van der Waals surface area contributed by atoms with Gasteiger partial charge in [0.1, 0.15) is 5.75 Å². The van der Waals surface area contributed by atoms with Crippen LogP contribution in [0.1, 0.15) is 28.2 Å². The Labute approximate surface area is 157 Å². The van der Waals surface area contributed by atoms with Crippen molar-refractivity contribution in [2.24, 2.45) is 0 Å². The number of hydrogen-bond acceptors (Lipinski definition) is 2. The van der Waals surface area contributed by atoms with Crippen molar-refractivity contribution in [3.63, 3.8) is 0 Å². The van der Waals surface area contributed by atoms with Crippen LogP contribution in [0.5, 0.6) is 5.75 Å². The van der Waals surface area contributed by atoms with E-state index >= 15 is 0 Å². The van der Waals surface area contributed by atoms with Gasteiger partial charge in [-0.25, -0.2) is 0 Å². The van der Waals surface area contributed by atoms with Crippen LogP contribution in [0.3, 0.4) is 0 Å². The van der Waals surface area contributed by atoms with Crippen LogP contribution >= 0.6 is 11.3 Å². The molecule has 26 heavy (non-hydrogen) atoms. The highest BCUT2D eigenvalue weighted by Crippen LogP contribution is 2.45. The van der Waals surface area contributed by atoms with Gasteiger partial charge in [-0.15, -0.1) is 0 Å². The van der Waals surface area contributed by atoms with Crippen LogP contribution < -0.4 is 0 Å². The third-order valence-corrected chi connectivity index (χ3v) is 6.15. The molecule has 1 aliphatic heterocycles. The summed E-state index contributed by atoms with van der Waals surface area (Å²) >= 11 is 1.71. The molecule has 0 bridgehead atoms. The van der Waals surface area contributed by atoms with E-state index in [0.717, 1.165) is 29.5 Å². The van der Waals surface area contributed by atoms with Gasteiger partial charge in [0, 0.05) is 5.56 Å². The average molecular weight is 355 g/mol. The molecule has 0 spiro atoms. The largest absolute Gasteiger partial charge is 0.508 e. The minimum atomic E-state index is 0.309. The minimum absolute atomic E-state index is 0.309. The summed E-state index contributed by atoms with van der Waals surface area (Å²) in [6, 6.07) is 19.1. The predicted molar refractivity (Wildman–Crippen MR) is 109 cm³/mol. The van der Waals surface area contributed by atoms with Crippen molar-refractivity contribution in [1.82, 2.24) is 0 Å². The molecule has 0 unspecified atom stereocenters. The SMILES string of the molecule is [CH2]c1cc(O)c(C2Cc3ccccc3C2)c(-c2cc3ccscc-3c2)c1. The lowest BCUT2D eigenvalue weighted by Crippen LogP contribution is -2.02. The molecule has 3 aliphatic rings. The second-order valence-corrected chi connectivity index (χ2v) is 7.94. The zero-order chi connectivity index (χ0) is 17.7. The van der Waals surface area contributed by atoms with Gasteiger partial charge in [0.2, 0.25) is 0 Å². The van der Waals surface area contributed by atoms with Crippen molar-refractivity contribution in [1.29, 1.82) is 0 Å². The first-order valence-electron chi connectivity index (χ1n) is 8.91. The number of phenolic OH excluding ortho intramolecular Hbond substituents is 1. The molecular weight excluding hydrogens is 336 g/mol. The molecule has 1 radical (unpaired) electrons. The van der Waals surface area contributed by atoms with Crippen LogP contribution in [0, 0.1) is 6.92 Å². The van der Waals surface area contributed by atoms with Gasteiger partial charge in [-0.1, -0.05) is 30.3 Å². The summed E-state index contributed by atoms with van der Waals surface area (Å²) in [7, 11) is 0. The fraction of sp³-hybridized carbons (Fsp3) is 0.125. The molecule has 0 fully saturated rings. The highest BCUT2D eigenvalue weighted by atomic mass is 32.1. The van der Waals surface area contributed by atoms with Crippen molar-refractivity contribution in [2.75, 3.05) is 0 Å². The third kappa shape index (κ3) is 2.53. The molecule has 0 aromatic heterocycles. The number of phenols is 1. The van der Waals surface area contributed by atoms with Gasteiger partial charge in [0.05, 0.1) is 0 Å². The molecule has 0 saturated carbocycles. The maximum atomic E-state index is 10.8. The van der Waals surface area contributed by atoms with Crippen LogP contribution in [0.2, 0.25) is 0 Å². The van der Waals surface area contributed by atoms with Gasteiger partial charge < -0.3 is 5.11 Å². The Morgan fingerprint density at radius 1 is 0.885 bits per heavy atom. The van der Waals surface area contributed by atoms with Crippen LogP contribution in [0.4, 0.5) is 0 Å². The van der Waals surface area contributed by atoms with E-state index in [1.54, 1.807) is 17.4 Å². The standard InChI is InChI=1S/C24H19OS/c1-15-8-22(19-10-18-6-7-26-14-21(18)13-19)24(23(25)9-15)20-11-16-4-2-3-5-17(16)12-20/h2-10,13-14,20,25H,1,11-12H2. The van der Waals surface area contributed by atoms with Gasteiger partial charge in [0.25, 0.3) is 0 Å². The Balaban J connectivity index is 1.66. The van der Waals surface area contributed by atoms with Crippen LogP contribution in [0.15, 0.2) is 65.4 Å². The van der Waals surface area contributed by atoms with Crippen LogP contribution in [-0.2, 0) is 12.8 Å². The lowest BCUT2D eigenvalue weighted by atomic mass is 9.87. The molecule has 5 rings (SSSR count). The number of hydrogen-bond donors (Lipinski definition) is 1. The zero-order valence-electron chi connectivity index (χ0n) is 14.4. The summed E-state index contributed by atoms with van der Waals surface area (Å²) in [5, 5.41) is 15.1. The van der Waals surface area contributed by atoms with E-state index in [2.05, 4.69) is 66.2 Å². The Bertz CT molecular complexity index is 1020. The van der Waals surface area contributed by atoms with Crippen LogP contribution in [-0.4, -0.2) is 5.11 Å². The van der Waals surface area contributed by atoms with Crippen molar-refractivity contribution in [2.45, 2.75) is 18.8 Å². The Kier molecular flexibility index (Phi) is 3.61. The summed E-state index contributed by atoms with van der Waals surface area (Å²) in [4.78, 5) is 0. The highest BCUT2D eigenvalue weighted by Gasteiger charge is 2.28. The Morgan fingerprint density at radius 3 is 2.35 bits per heavy atom. The predicted octanol–water partition coefficient (Wildman–Crippen LogP) is 6.29. The van der Waals surface area contributed by atoms with E-state index in [1.807, 2.05) is 0 Å². The number of fused-ring (bicyclic) bond motifs is 2. The number of rotatable bonds is 2. The Morgan fingerprint density at radius 2 is 1.62 bits per heavy atom. The average Bonchev–Trinajstić information content (AvgIpc) is 3.24. The molecule has 0 saturated heterocycles. The molecule has 127 valence electrons. The molecule has 2 aromatic carbocycles. The second-order valence-electron chi connectivity index (χ2n) is 7.16. The third-order valence-electron chi connectivity index (χ3n) is 5.46. The van der Waals surface area contributed by atoms with Crippen molar-refractivity contribution in [3.05, 3.63) is 94.5 Å². The molecule has 1 N–H and O–H groups in total. The monoisotopic (exact) mass is 355 g/mol. The summed E-state index contributed by atoms with van der Waals surface area (Å²) in [6.07, 6.45) is 1.96. The summed E-state index contributed by atoms with van der Waals surface area (Å²) < 4.78 is 0. The van der Waals surface area contributed by atoms with Crippen LogP contribution in [0.25, 0.3) is 22.3 Å². The van der Waals surface area contributed by atoms with E-state index in [-0.39, 0.29) is 0 Å². The second kappa shape index (κ2) is 6.00. The fourth-order valence-electron chi connectivity index (χ4n) is 4.30. The smallest absolute Gasteiger partial charge is 0.119 e. The molecule has 2 aliphatic carbocycles. The molecular formula is C24H19OS. The molecule has 0 atom stereocenters.